The molecule has 0 aromatic carbocycles. The first kappa shape index (κ1) is 18.9. The van der Waals surface area contributed by atoms with Crippen LogP contribution in [-0.2, 0) is 14.3 Å². The van der Waals surface area contributed by atoms with Crippen LogP contribution in [0.4, 0.5) is 0 Å². The van der Waals surface area contributed by atoms with Crippen molar-refractivity contribution in [3.8, 4) is 0 Å². The summed E-state index contributed by atoms with van der Waals surface area (Å²) in [5, 5.41) is 1.80. The van der Waals surface area contributed by atoms with E-state index in [1.165, 1.54) is 16.2 Å². The molecule has 0 aliphatic carbocycles. The van der Waals surface area contributed by atoms with Gasteiger partial charge in [0.15, 0.2) is 18.2 Å². The molecule has 0 radical (unpaired) electrons. The van der Waals surface area contributed by atoms with E-state index in [1.54, 1.807) is 34.8 Å². The standard InChI is InChI=1S/C20H21N3O4S/c24-18(15-4-2-12-28-15)16-17(14-3-1-5-21-13-14)23(20(26)19(16)25)7-6-22-8-10-27-11-9-22/h1-5,12-13,16-17H,6-11H2/p+2. The molecule has 2 fully saturated rings. The predicted molar refractivity (Wildman–Crippen MR) is 101 cm³/mol. The molecule has 4 heterocycles. The molecule has 2 unspecified atom stereocenters. The minimum absolute atomic E-state index is 0.275. The minimum atomic E-state index is -0.998. The lowest BCUT2D eigenvalue weighted by Crippen LogP contribution is -3.14. The van der Waals surface area contributed by atoms with Crippen LogP contribution in [0, 0.1) is 5.92 Å². The molecule has 2 aromatic rings. The molecule has 28 heavy (non-hydrogen) atoms. The van der Waals surface area contributed by atoms with E-state index in [1.807, 2.05) is 12.1 Å². The van der Waals surface area contributed by atoms with Crippen LogP contribution in [0.5, 0.6) is 0 Å². The summed E-state index contributed by atoms with van der Waals surface area (Å²) in [6.45, 7) is 4.36. The Labute approximate surface area is 166 Å². The summed E-state index contributed by atoms with van der Waals surface area (Å²) in [7, 11) is 0. The molecule has 8 heteroatoms. The number of morpholine rings is 1. The fraction of sp³-hybridized carbons (Fsp3) is 0.400. The third-order valence-electron chi connectivity index (χ3n) is 5.43. The van der Waals surface area contributed by atoms with Crippen molar-refractivity contribution >= 4 is 28.8 Å². The number of Topliss-reactive ketones (excluding diaryl/α,β-unsaturated/α-hetero) is 2. The Kier molecular flexibility index (Phi) is 5.61. The van der Waals surface area contributed by atoms with E-state index in [4.69, 9.17) is 4.74 Å². The molecule has 7 nitrogen and oxygen atoms in total. The Morgan fingerprint density at radius 1 is 1.25 bits per heavy atom. The number of pyridine rings is 1. The lowest BCUT2D eigenvalue weighted by molar-refractivity contribution is -0.907. The highest BCUT2D eigenvalue weighted by molar-refractivity contribution is 7.12. The fourth-order valence-corrected chi connectivity index (χ4v) is 4.66. The molecule has 2 aromatic heterocycles. The topological polar surface area (TPSA) is 82.3 Å². The minimum Gasteiger partial charge on any atom is -0.370 e. The highest BCUT2D eigenvalue weighted by Gasteiger charge is 2.52. The summed E-state index contributed by atoms with van der Waals surface area (Å²) < 4.78 is 5.39. The number of ether oxygens (including phenoxy) is 1. The van der Waals surface area contributed by atoms with Gasteiger partial charge in [-0.25, -0.2) is 4.98 Å². The third kappa shape index (κ3) is 3.63. The maximum Gasteiger partial charge on any atom is 0.291 e. The lowest BCUT2D eigenvalue weighted by atomic mass is 9.89. The Morgan fingerprint density at radius 2 is 2.07 bits per heavy atom. The van der Waals surface area contributed by atoms with Crippen molar-refractivity contribution in [2.45, 2.75) is 6.04 Å². The molecule has 4 rings (SSSR count). The smallest absolute Gasteiger partial charge is 0.291 e. The number of hydrogen-bond donors (Lipinski definition) is 1. The number of ketones is 2. The largest absolute Gasteiger partial charge is 0.370 e. The van der Waals surface area contributed by atoms with Crippen LogP contribution in [0.3, 0.4) is 0 Å². The number of thiophene rings is 1. The molecule has 2 N–H and O–H groups in total. The molecule has 0 spiro atoms. The SMILES string of the molecule is O=C1C(=O)N(CC[NH+]2CCOCC2)C(c2ccc[nH+]c2)C1C(=O)c1cccs1. The van der Waals surface area contributed by atoms with Crippen LogP contribution >= 0.6 is 11.3 Å². The molecule has 2 aliphatic heterocycles. The second kappa shape index (κ2) is 8.30. The van der Waals surface area contributed by atoms with Crippen molar-refractivity contribution in [2.75, 3.05) is 39.4 Å². The molecule has 0 saturated carbocycles. The Morgan fingerprint density at radius 3 is 2.75 bits per heavy atom. The summed E-state index contributed by atoms with van der Waals surface area (Å²) in [5.74, 6) is -2.44. The normalized spacial score (nSPS) is 23.4. The van der Waals surface area contributed by atoms with E-state index in [9.17, 15) is 14.4 Å². The average molecular weight is 401 g/mol. The van der Waals surface area contributed by atoms with Crippen molar-refractivity contribution in [1.82, 2.24) is 4.90 Å². The molecule has 2 aliphatic rings. The van der Waals surface area contributed by atoms with E-state index >= 15 is 0 Å². The summed E-state index contributed by atoms with van der Waals surface area (Å²) in [4.78, 5) is 45.2. The molecule has 2 atom stereocenters. The fourth-order valence-electron chi connectivity index (χ4n) is 3.95. The number of rotatable bonds is 6. The van der Waals surface area contributed by atoms with Gasteiger partial charge in [0, 0.05) is 11.6 Å². The number of aromatic nitrogens is 1. The summed E-state index contributed by atoms with van der Waals surface area (Å²) in [5.41, 5.74) is 0.772. The quantitative estimate of drug-likeness (QED) is 0.399. The van der Waals surface area contributed by atoms with Crippen molar-refractivity contribution in [2.24, 2.45) is 5.92 Å². The van der Waals surface area contributed by atoms with Gasteiger partial charge in [-0.2, -0.15) is 0 Å². The van der Waals surface area contributed by atoms with Gasteiger partial charge in [-0.1, -0.05) is 6.07 Å². The number of H-pyrrole nitrogens is 1. The number of carbonyl (C=O) groups excluding carboxylic acids is 3. The number of likely N-dealkylation sites (tertiary alicyclic amines) is 1. The van der Waals surface area contributed by atoms with Crippen molar-refractivity contribution in [3.63, 3.8) is 0 Å². The van der Waals surface area contributed by atoms with Crippen LogP contribution in [0.1, 0.15) is 21.3 Å². The van der Waals surface area contributed by atoms with Gasteiger partial charge in [-0.05, 0) is 17.5 Å². The number of nitrogens with zero attached hydrogens (tertiary/aromatic N) is 1. The summed E-state index contributed by atoms with van der Waals surface area (Å²) in [6.07, 6.45) is 3.53. The second-order valence-electron chi connectivity index (χ2n) is 7.08. The van der Waals surface area contributed by atoms with Crippen molar-refractivity contribution in [1.29, 1.82) is 0 Å². The van der Waals surface area contributed by atoms with E-state index < -0.39 is 23.7 Å². The maximum atomic E-state index is 13.1. The highest BCUT2D eigenvalue weighted by atomic mass is 32.1. The molecular weight excluding hydrogens is 378 g/mol. The maximum absolute atomic E-state index is 13.1. The first-order valence-corrected chi connectivity index (χ1v) is 10.3. The number of carbonyl (C=O) groups is 3. The molecular formula is C20H23N3O4S+2. The van der Waals surface area contributed by atoms with Gasteiger partial charge in [0.1, 0.15) is 19.0 Å². The zero-order chi connectivity index (χ0) is 19.5. The third-order valence-corrected chi connectivity index (χ3v) is 6.32. The van der Waals surface area contributed by atoms with Crippen LogP contribution < -0.4 is 9.88 Å². The second-order valence-corrected chi connectivity index (χ2v) is 8.02. The average Bonchev–Trinajstić information content (AvgIpc) is 3.36. The first-order valence-electron chi connectivity index (χ1n) is 9.46. The predicted octanol–water partition coefficient (Wildman–Crippen LogP) is -0.571. The van der Waals surface area contributed by atoms with Crippen LogP contribution in [0.25, 0.3) is 0 Å². The highest BCUT2D eigenvalue weighted by Crippen LogP contribution is 2.37. The van der Waals surface area contributed by atoms with Crippen LogP contribution in [0.2, 0.25) is 0 Å². The number of hydrogen-bond acceptors (Lipinski definition) is 5. The van der Waals surface area contributed by atoms with Crippen molar-refractivity contribution in [3.05, 3.63) is 52.5 Å². The van der Waals surface area contributed by atoms with E-state index in [2.05, 4.69) is 4.98 Å². The van der Waals surface area contributed by atoms with Gasteiger partial charge in [0.2, 0.25) is 5.78 Å². The zero-order valence-electron chi connectivity index (χ0n) is 15.4. The number of amides is 1. The molecule has 0 bridgehead atoms. The van der Waals surface area contributed by atoms with E-state index in [0.717, 1.165) is 25.2 Å². The summed E-state index contributed by atoms with van der Waals surface area (Å²) in [6, 6.07) is 6.59. The van der Waals surface area contributed by atoms with Crippen LogP contribution in [-0.4, -0.2) is 61.8 Å². The van der Waals surface area contributed by atoms with Crippen molar-refractivity contribution < 1.29 is 29.0 Å². The van der Waals surface area contributed by atoms with Gasteiger partial charge < -0.3 is 14.5 Å². The Balaban J connectivity index is 1.63. The number of quaternary nitrogens is 1. The zero-order valence-corrected chi connectivity index (χ0v) is 16.2. The molecule has 146 valence electrons. The van der Waals surface area contributed by atoms with Gasteiger partial charge in [0.05, 0.1) is 37.2 Å². The summed E-state index contributed by atoms with van der Waals surface area (Å²) >= 11 is 1.30. The van der Waals surface area contributed by atoms with Gasteiger partial charge >= 0.3 is 0 Å². The van der Waals surface area contributed by atoms with E-state index in [-0.39, 0.29) is 5.78 Å². The van der Waals surface area contributed by atoms with Gasteiger partial charge in [-0.15, -0.1) is 11.3 Å². The Hall–Kier alpha value is -2.42. The number of nitrogens with one attached hydrogen (secondary N) is 2. The number of aromatic amines is 1. The molecule has 1 amide bonds. The van der Waals surface area contributed by atoms with Crippen LogP contribution in [0.15, 0.2) is 42.0 Å². The first-order chi connectivity index (χ1) is 13.7. The Bertz CT molecular complexity index is 850. The van der Waals surface area contributed by atoms with Gasteiger partial charge in [-0.3, -0.25) is 14.4 Å². The molecule has 2 saturated heterocycles. The lowest BCUT2D eigenvalue weighted by Gasteiger charge is -2.29. The van der Waals surface area contributed by atoms with Gasteiger partial charge in [0.25, 0.3) is 5.91 Å². The monoisotopic (exact) mass is 401 g/mol. The van der Waals surface area contributed by atoms with E-state index in [0.29, 0.717) is 24.6 Å².